The maximum absolute atomic E-state index is 14.1. The molecule has 0 bridgehead atoms. The third-order valence-corrected chi connectivity index (χ3v) is 12.1. The van der Waals surface area contributed by atoms with Crippen molar-refractivity contribution in [3.63, 3.8) is 0 Å². The maximum atomic E-state index is 14.1. The average Bonchev–Trinajstić information content (AvgIpc) is 2.77. The van der Waals surface area contributed by atoms with Gasteiger partial charge in [-0.3, -0.25) is 14.4 Å². The Morgan fingerprint density at radius 3 is 2.35 bits per heavy atom. The predicted molar refractivity (Wildman–Crippen MR) is 132 cm³/mol. The summed E-state index contributed by atoms with van der Waals surface area (Å²) in [5, 5.41) is 0. The molecule has 5 aliphatic rings. The summed E-state index contributed by atoms with van der Waals surface area (Å²) in [7, 11) is 1.49. The summed E-state index contributed by atoms with van der Waals surface area (Å²) in [6.45, 7) is 13.5. The molecule has 0 aliphatic heterocycles. The van der Waals surface area contributed by atoms with Crippen LogP contribution in [0.3, 0.4) is 0 Å². The van der Waals surface area contributed by atoms with Crippen LogP contribution in [0, 0.1) is 50.7 Å². The van der Waals surface area contributed by atoms with E-state index in [1.165, 1.54) is 12.7 Å². The van der Waals surface area contributed by atoms with Gasteiger partial charge in [0.2, 0.25) is 0 Å². The van der Waals surface area contributed by atoms with Gasteiger partial charge in [0, 0.05) is 16.7 Å². The molecule has 3 fully saturated rings. The topological polar surface area (TPSA) is 60.4 Å². The van der Waals surface area contributed by atoms with E-state index in [2.05, 4.69) is 47.6 Å². The highest BCUT2D eigenvalue weighted by molar-refractivity contribution is 5.99. The molecular formula is C30H42O4. The molecule has 0 saturated heterocycles. The molecule has 0 unspecified atom stereocenters. The van der Waals surface area contributed by atoms with E-state index >= 15 is 0 Å². The quantitative estimate of drug-likeness (QED) is 0.438. The number of allylic oxidation sites excluding steroid dienone is 4. The number of hydrogen-bond donors (Lipinski definition) is 0. The largest absolute Gasteiger partial charge is 0.469 e. The normalized spacial score (nSPS) is 49.2. The maximum Gasteiger partial charge on any atom is 0.308 e. The Kier molecular flexibility index (Phi) is 5.06. The fourth-order valence-electron chi connectivity index (χ4n) is 9.72. The SMILES string of the molecule is COC(=O)[C@H]1CC[C@]2(C)CC[C@]3(C)C(=CC(=O)[C@@H]4[C@@]5(C)C=CC(=O)C(C)(C)[C@@H]5CC[C@]43C)[C@@H]2C1. The lowest BCUT2D eigenvalue weighted by atomic mass is 9.34. The van der Waals surface area contributed by atoms with Crippen LogP contribution < -0.4 is 0 Å². The van der Waals surface area contributed by atoms with Gasteiger partial charge in [0.05, 0.1) is 13.0 Å². The van der Waals surface area contributed by atoms with Crippen molar-refractivity contribution >= 4 is 17.5 Å². The van der Waals surface area contributed by atoms with E-state index in [0.29, 0.717) is 0 Å². The van der Waals surface area contributed by atoms with Crippen LogP contribution in [0.15, 0.2) is 23.8 Å². The Balaban J connectivity index is 1.62. The molecule has 0 amide bonds. The van der Waals surface area contributed by atoms with Crippen LogP contribution in [0.2, 0.25) is 0 Å². The number of methoxy groups -OCH3 is 1. The summed E-state index contributed by atoms with van der Waals surface area (Å²) in [4.78, 5) is 39.4. The van der Waals surface area contributed by atoms with Gasteiger partial charge in [-0.2, -0.15) is 0 Å². The molecule has 5 aliphatic carbocycles. The minimum atomic E-state index is -0.446. The zero-order chi connectivity index (χ0) is 24.9. The van der Waals surface area contributed by atoms with Gasteiger partial charge in [0.15, 0.2) is 11.6 Å². The number of carbonyl (C=O) groups excluding carboxylic acids is 3. The monoisotopic (exact) mass is 466 g/mol. The second-order valence-electron chi connectivity index (χ2n) is 13.8. The van der Waals surface area contributed by atoms with Crippen molar-refractivity contribution in [3.05, 3.63) is 23.8 Å². The first-order chi connectivity index (χ1) is 15.7. The third-order valence-electron chi connectivity index (χ3n) is 12.1. The van der Waals surface area contributed by atoms with Gasteiger partial charge in [-0.15, -0.1) is 0 Å². The highest BCUT2D eigenvalue weighted by Crippen LogP contribution is 2.73. The Labute approximate surface area is 205 Å². The molecule has 34 heavy (non-hydrogen) atoms. The van der Waals surface area contributed by atoms with Crippen molar-refractivity contribution in [1.82, 2.24) is 0 Å². The Hall–Kier alpha value is -1.71. The minimum absolute atomic E-state index is 0.0756. The number of esters is 1. The first-order valence-corrected chi connectivity index (χ1v) is 13.3. The minimum Gasteiger partial charge on any atom is -0.469 e. The molecule has 0 aromatic carbocycles. The molecule has 8 atom stereocenters. The fourth-order valence-corrected chi connectivity index (χ4v) is 9.72. The van der Waals surface area contributed by atoms with E-state index in [1.54, 1.807) is 6.08 Å². The zero-order valence-corrected chi connectivity index (χ0v) is 22.1. The first-order valence-electron chi connectivity index (χ1n) is 13.3. The van der Waals surface area contributed by atoms with Gasteiger partial charge in [-0.25, -0.2) is 0 Å². The smallest absolute Gasteiger partial charge is 0.308 e. The first kappa shape index (κ1) is 24.0. The lowest BCUT2D eigenvalue weighted by Gasteiger charge is -2.68. The molecule has 0 N–H and O–H groups in total. The summed E-state index contributed by atoms with van der Waals surface area (Å²) in [6.07, 6.45) is 12.7. The predicted octanol–water partition coefficient (Wildman–Crippen LogP) is 6.10. The summed E-state index contributed by atoms with van der Waals surface area (Å²) < 4.78 is 5.13. The van der Waals surface area contributed by atoms with Crippen molar-refractivity contribution < 1.29 is 19.1 Å². The van der Waals surface area contributed by atoms with Crippen molar-refractivity contribution in [2.24, 2.45) is 50.7 Å². The van der Waals surface area contributed by atoms with E-state index < -0.39 is 5.41 Å². The molecule has 4 nitrogen and oxygen atoms in total. The highest BCUT2D eigenvalue weighted by Gasteiger charge is 2.69. The van der Waals surface area contributed by atoms with E-state index in [1.807, 2.05) is 6.08 Å². The van der Waals surface area contributed by atoms with Gasteiger partial charge in [0.1, 0.15) is 0 Å². The summed E-state index contributed by atoms with van der Waals surface area (Å²) in [5.74, 6) is 0.541. The van der Waals surface area contributed by atoms with Crippen LogP contribution in [0.25, 0.3) is 0 Å². The average molecular weight is 467 g/mol. The molecule has 186 valence electrons. The standard InChI is InChI=1S/C30H42O4/c1-26(2)22-9-13-30(6)24(28(22,4)12-10-23(26)32)21(31)17-20-19-16-18(25(33)34-7)8-11-27(19,3)14-15-29(20,30)5/h10,12,17-19,22,24H,8-9,11,13-16H2,1-7H3/t18-,19-,22-,24+,27+,28-,29+,30+/m0/s1. The van der Waals surface area contributed by atoms with Crippen LogP contribution in [-0.4, -0.2) is 24.6 Å². The molecule has 5 rings (SSSR count). The molecule has 0 spiro atoms. The van der Waals surface area contributed by atoms with Crippen molar-refractivity contribution in [3.8, 4) is 0 Å². The van der Waals surface area contributed by atoms with Crippen LogP contribution >= 0.6 is 0 Å². The lowest BCUT2D eigenvalue weighted by Crippen LogP contribution is -2.65. The van der Waals surface area contributed by atoms with Gasteiger partial charge in [-0.05, 0) is 85.2 Å². The Morgan fingerprint density at radius 2 is 1.68 bits per heavy atom. The van der Waals surface area contributed by atoms with Crippen LogP contribution in [0.1, 0.15) is 86.5 Å². The van der Waals surface area contributed by atoms with E-state index in [0.717, 1.165) is 44.9 Å². The van der Waals surface area contributed by atoms with Crippen LogP contribution in [-0.2, 0) is 19.1 Å². The number of rotatable bonds is 1. The molecule has 3 saturated carbocycles. The van der Waals surface area contributed by atoms with Gasteiger partial charge < -0.3 is 4.74 Å². The van der Waals surface area contributed by atoms with Gasteiger partial charge >= 0.3 is 5.97 Å². The van der Waals surface area contributed by atoms with E-state index in [9.17, 15) is 14.4 Å². The van der Waals surface area contributed by atoms with E-state index in [-0.39, 0.29) is 62.9 Å². The number of fused-ring (bicyclic) bond motifs is 7. The van der Waals surface area contributed by atoms with Gasteiger partial charge in [-0.1, -0.05) is 53.2 Å². The van der Waals surface area contributed by atoms with Crippen LogP contribution in [0.4, 0.5) is 0 Å². The number of hydrogen-bond acceptors (Lipinski definition) is 4. The van der Waals surface area contributed by atoms with Crippen LogP contribution in [0.5, 0.6) is 0 Å². The third kappa shape index (κ3) is 2.80. The second kappa shape index (κ2) is 7.17. The Bertz CT molecular complexity index is 1020. The molecule has 0 aromatic heterocycles. The molecule has 0 radical (unpaired) electrons. The van der Waals surface area contributed by atoms with Crippen molar-refractivity contribution in [2.75, 3.05) is 7.11 Å². The summed E-state index contributed by atoms with van der Waals surface area (Å²) in [6, 6.07) is 0. The summed E-state index contributed by atoms with van der Waals surface area (Å²) in [5.41, 5.74) is 0.420. The Morgan fingerprint density at radius 1 is 0.971 bits per heavy atom. The lowest BCUT2D eigenvalue weighted by molar-refractivity contribution is -0.169. The van der Waals surface area contributed by atoms with E-state index in [4.69, 9.17) is 4.74 Å². The molecular weight excluding hydrogens is 424 g/mol. The molecule has 0 aromatic rings. The number of carbonyl (C=O) groups is 3. The van der Waals surface area contributed by atoms with Crippen molar-refractivity contribution in [2.45, 2.75) is 86.5 Å². The zero-order valence-electron chi connectivity index (χ0n) is 22.1. The molecule has 4 heteroatoms. The number of ketones is 2. The number of ether oxygens (including phenoxy) is 1. The van der Waals surface area contributed by atoms with Gasteiger partial charge in [0.25, 0.3) is 0 Å². The second-order valence-corrected chi connectivity index (χ2v) is 13.8. The van der Waals surface area contributed by atoms with Crippen molar-refractivity contribution in [1.29, 1.82) is 0 Å². The highest BCUT2D eigenvalue weighted by atomic mass is 16.5. The summed E-state index contributed by atoms with van der Waals surface area (Å²) >= 11 is 0. The fraction of sp³-hybridized carbons (Fsp3) is 0.767. The molecule has 0 heterocycles.